The van der Waals surface area contributed by atoms with E-state index >= 15 is 0 Å². The molecule has 0 radical (unpaired) electrons. The lowest BCUT2D eigenvalue weighted by molar-refractivity contribution is 0.0135. The molecule has 0 unspecified atom stereocenters. The first-order valence-corrected chi connectivity index (χ1v) is 8.60. The fourth-order valence-electron chi connectivity index (χ4n) is 2.48. The quantitative estimate of drug-likeness (QED) is 0.669. The molecule has 118 valence electrons. The highest BCUT2D eigenvalue weighted by Crippen LogP contribution is 2.17. The van der Waals surface area contributed by atoms with Crippen molar-refractivity contribution in [2.75, 3.05) is 45.3 Å². The highest BCUT2D eigenvalue weighted by atomic mass is 79.9. The van der Waals surface area contributed by atoms with Crippen molar-refractivity contribution in [3.05, 3.63) is 24.3 Å². The molecule has 0 spiro atoms. The maximum absolute atomic E-state index is 5.77. The molecule has 1 saturated heterocycles. The zero-order valence-corrected chi connectivity index (χ0v) is 14.2. The lowest BCUT2D eigenvalue weighted by atomic mass is 10.1. The Morgan fingerprint density at radius 1 is 1.10 bits per heavy atom. The molecule has 5 heteroatoms. The number of ether oxygens (including phenoxy) is 3. The molecule has 0 amide bonds. The number of likely N-dealkylation sites (tertiary alicyclic amines) is 1. The molecule has 4 nitrogen and oxygen atoms in total. The van der Waals surface area contributed by atoms with Crippen molar-refractivity contribution in [1.82, 2.24) is 4.90 Å². The summed E-state index contributed by atoms with van der Waals surface area (Å²) >= 11 is 3.39. The van der Waals surface area contributed by atoms with E-state index in [1.165, 1.54) is 0 Å². The van der Waals surface area contributed by atoms with Crippen LogP contribution in [0.25, 0.3) is 0 Å². The van der Waals surface area contributed by atoms with Crippen molar-refractivity contribution in [3.8, 4) is 11.5 Å². The van der Waals surface area contributed by atoms with Gasteiger partial charge in [-0.25, -0.2) is 0 Å². The summed E-state index contributed by atoms with van der Waals surface area (Å²) in [7, 11) is 1.67. The Kier molecular flexibility index (Phi) is 7.33. The van der Waals surface area contributed by atoms with Crippen LogP contribution in [0, 0.1) is 0 Å². The fourth-order valence-corrected chi connectivity index (χ4v) is 2.66. The summed E-state index contributed by atoms with van der Waals surface area (Å²) in [5, 5.41) is 0.920. The van der Waals surface area contributed by atoms with Gasteiger partial charge in [0.1, 0.15) is 18.1 Å². The average Bonchev–Trinajstić information content (AvgIpc) is 2.55. The molecular formula is C16H24BrNO3. The van der Waals surface area contributed by atoms with Crippen LogP contribution in [0.5, 0.6) is 11.5 Å². The predicted molar refractivity (Wildman–Crippen MR) is 87.7 cm³/mol. The largest absolute Gasteiger partial charge is 0.497 e. The van der Waals surface area contributed by atoms with Crippen LogP contribution in [-0.2, 0) is 4.74 Å². The number of nitrogens with zero attached hydrogens (tertiary/aromatic N) is 1. The van der Waals surface area contributed by atoms with Crippen LogP contribution in [0.1, 0.15) is 12.8 Å². The Balaban J connectivity index is 1.61. The van der Waals surface area contributed by atoms with Crippen LogP contribution in [-0.4, -0.2) is 56.3 Å². The molecule has 1 aliphatic heterocycles. The number of piperidine rings is 1. The molecule has 0 N–H and O–H groups in total. The summed E-state index contributed by atoms with van der Waals surface area (Å²) in [5.41, 5.74) is 0. The summed E-state index contributed by atoms with van der Waals surface area (Å²) in [6.45, 7) is 4.69. The molecule has 0 saturated carbocycles. The lowest BCUT2D eigenvalue weighted by Gasteiger charge is -2.31. The van der Waals surface area contributed by atoms with E-state index in [1.807, 2.05) is 24.3 Å². The minimum absolute atomic E-state index is 0.432. The molecule has 0 aliphatic carbocycles. The third kappa shape index (κ3) is 5.85. The summed E-state index contributed by atoms with van der Waals surface area (Å²) in [6, 6.07) is 7.72. The number of methoxy groups -OCH3 is 1. The van der Waals surface area contributed by atoms with Gasteiger partial charge in [0.05, 0.1) is 19.8 Å². The Bertz CT molecular complexity index is 391. The molecule has 0 aromatic heterocycles. The first-order chi connectivity index (χ1) is 10.3. The molecule has 2 rings (SSSR count). The van der Waals surface area contributed by atoms with Gasteiger partial charge in [-0.1, -0.05) is 15.9 Å². The van der Waals surface area contributed by atoms with Crippen molar-refractivity contribution in [2.24, 2.45) is 0 Å². The highest BCUT2D eigenvalue weighted by Gasteiger charge is 2.19. The van der Waals surface area contributed by atoms with Gasteiger partial charge in [-0.05, 0) is 37.1 Å². The minimum atomic E-state index is 0.432. The summed E-state index contributed by atoms with van der Waals surface area (Å²) in [4.78, 5) is 2.44. The Morgan fingerprint density at radius 2 is 1.76 bits per heavy atom. The van der Waals surface area contributed by atoms with Crippen molar-refractivity contribution in [2.45, 2.75) is 18.9 Å². The number of hydrogen-bond donors (Lipinski definition) is 0. The van der Waals surface area contributed by atoms with E-state index in [0.29, 0.717) is 6.10 Å². The van der Waals surface area contributed by atoms with Gasteiger partial charge in [-0.15, -0.1) is 0 Å². The Labute approximate surface area is 135 Å². The highest BCUT2D eigenvalue weighted by molar-refractivity contribution is 9.09. The molecule has 1 fully saturated rings. The van der Waals surface area contributed by atoms with Crippen molar-refractivity contribution >= 4 is 15.9 Å². The van der Waals surface area contributed by atoms with Gasteiger partial charge < -0.3 is 14.2 Å². The van der Waals surface area contributed by atoms with Gasteiger partial charge in [0.25, 0.3) is 0 Å². The van der Waals surface area contributed by atoms with Crippen LogP contribution >= 0.6 is 15.9 Å². The van der Waals surface area contributed by atoms with Crippen molar-refractivity contribution in [1.29, 1.82) is 0 Å². The second-order valence-corrected chi connectivity index (χ2v) is 5.92. The van der Waals surface area contributed by atoms with E-state index < -0.39 is 0 Å². The summed E-state index contributed by atoms with van der Waals surface area (Å²) < 4.78 is 16.7. The zero-order valence-electron chi connectivity index (χ0n) is 12.6. The molecule has 0 atom stereocenters. The molecule has 1 aromatic rings. The van der Waals surface area contributed by atoms with Gasteiger partial charge in [0, 0.05) is 25.0 Å². The maximum atomic E-state index is 5.77. The summed E-state index contributed by atoms with van der Waals surface area (Å²) in [5.74, 6) is 1.75. The third-order valence-electron chi connectivity index (χ3n) is 3.70. The molecule has 21 heavy (non-hydrogen) atoms. The van der Waals surface area contributed by atoms with Gasteiger partial charge in [0.15, 0.2) is 0 Å². The van der Waals surface area contributed by atoms with Gasteiger partial charge >= 0.3 is 0 Å². The standard InChI is InChI=1S/C16H24BrNO3/c1-19-14-2-4-15(5-3-14)21-13-11-18-9-6-16(7-10-18)20-12-8-17/h2-5,16H,6-13H2,1H3. The van der Waals surface area contributed by atoms with E-state index in [4.69, 9.17) is 14.2 Å². The maximum Gasteiger partial charge on any atom is 0.119 e. The molecule has 1 aromatic carbocycles. The SMILES string of the molecule is COc1ccc(OCCN2CCC(OCCBr)CC2)cc1. The van der Waals surface area contributed by atoms with Crippen LogP contribution in [0.15, 0.2) is 24.3 Å². The van der Waals surface area contributed by atoms with E-state index in [9.17, 15) is 0 Å². The third-order valence-corrected chi connectivity index (χ3v) is 4.02. The predicted octanol–water partition coefficient (Wildman–Crippen LogP) is 2.95. The number of hydrogen-bond acceptors (Lipinski definition) is 4. The fraction of sp³-hybridized carbons (Fsp3) is 0.625. The van der Waals surface area contributed by atoms with Crippen molar-refractivity contribution < 1.29 is 14.2 Å². The summed E-state index contributed by atoms with van der Waals surface area (Å²) in [6.07, 6.45) is 2.67. The van der Waals surface area contributed by atoms with Gasteiger partial charge in [-0.3, -0.25) is 4.90 Å². The first-order valence-electron chi connectivity index (χ1n) is 7.48. The zero-order chi connectivity index (χ0) is 14.9. The van der Waals surface area contributed by atoms with Gasteiger partial charge in [-0.2, -0.15) is 0 Å². The first kappa shape index (κ1) is 16.6. The van der Waals surface area contributed by atoms with Crippen LogP contribution in [0.2, 0.25) is 0 Å². The topological polar surface area (TPSA) is 30.9 Å². The van der Waals surface area contributed by atoms with Crippen molar-refractivity contribution in [3.63, 3.8) is 0 Å². The van der Waals surface area contributed by atoms with E-state index in [1.54, 1.807) is 7.11 Å². The molecule has 1 aliphatic rings. The van der Waals surface area contributed by atoms with E-state index in [-0.39, 0.29) is 0 Å². The van der Waals surface area contributed by atoms with Crippen LogP contribution in [0.4, 0.5) is 0 Å². The normalized spacial score (nSPS) is 16.9. The Morgan fingerprint density at radius 3 is 2.38 bits per heavy atom. The molecule has 0 bridgehead atoms. The molecule has 1 heterocycles. The van der Waals surface area contributed by atoms with Crippen LogP contribution < -0.4 is 9.47 Å². The number of rotatable bonds is 8. The molecular weight excluding hydrogens is 334 g/mol. The lowest BCUT2D eigenvalue weighted by Crippen LogP contribution is -2.39. The number of alkyl halides is 1. The minimum Gasteiger partial charge on any atom is -0.497 e. The Hall–Kier alpha value is -0.780. The van der Waals surface area contributed by atoms with Gasteiger partial charge in [0.2, 0.25) is 0 Å². The van der Waals surface area contributed by atoms with E-state index in [0.717, 1.165) is 62.5 Å². The number of halogens is 1. The second-order valence-electron chi connectivity index (χ2n) is 5.12. The smallest absolute Gasteiger partial charge is 0.119 e. The number of benzene rings is 1. The van der Waals surface area contributed by atoms with Crippen LogP contribution in [0.3, 0.4) is 0 Å². The van der Waals surface area contributed by atoms with E-state index in [2.05, 4.69) is 20.8 Å². The second kappa shape index (κ2) is 9.28. The monoisotopic (exact) mass is 357 g/mol. The average molecular weight is 358 g/mol.